The molecule has 0 aromatic rings. The van der Waals surface area contributed by atoms with Gasteiger partial charge in [0.2, 0.25) is 0 Å². The van der Waals surface area contributed by atoms with Crippen molar-refractivity contribution in [1.29, 1.82) is 0 Å². The summed E-state index contributed by atoms with van der Waals surface area (Å²) in [6.45, 7) is 4.56. The summed E-state index contributed by atoms with van der Waals surface area (Å²) >= 11 is 0. The van der Waals surface area contributed by atoms with E-state index in [1.807, 2.05) is 6.92 Å². The van der Waals surface area contributed by atoms with E-state index < -0.39 is 10.2 Å². The number of piperidine rings is 1. The number of morpholine rings is 1. The Morgan fingerprint density at radius 2 is 1.95 bits per heavy atom. The molecular weight excluding hydrogens is 268 g/mol. The monoisotopic (exact) mass is 292 g/mol. The lowest BCUT2D eigenvalue weighted by Crippen LogP contribution is -2.55. The van der Waals surface area contributed by atoms with Crippen LogP contribution in [-0.4, -0.2) is 69.1 Å². The second kappa shape index (κ2) is 6.49. The lowest BCUT2D eigenvalue weighted by molar-refractivity contribution is 0.0246. The fraction of sp³-hybridized carbons (Fsp3) is 1.00. The number of nitrogens with zero attached hydrogens (tertiary/aromatic N) is 2. The van der Waals surface area contributed by atoms with Crippen LogP contribution in [0.3, 0.4) is 0 Å². The third-order valence-corrected chi connectivity index (χ3v) is 6.09. The Morgan fingerprint density at radius 3 is 2.53 bits per heavy atom. The molecule has 7 heteroatoms. The Labute approximate surface area is 115 Å². The molecule has 0 unspecified atom stereocenters. The largest absolute Gasteiger partial charge is 0.381 e. The molecule has 6 nitrogen and oxygen atoms in total. The van der Waals surface area contributed by atoms with Gasteiger partial charge in [-0.3, -0.25) is 0 Å². The van der Waals surface area contributed by atoms with Crippen LogP contribution in [0.15, 0.2) is 0 Å². The zero-order chi connectivity index (χ0) is 13.9. The molecule has 0 N–H and O–H groups in total. The normalized spacial score (nSPS) is 28.6. The maximum atomic E-state index is 12.7. The van der Waals surface area contributed by atoms with Gasteiger partial charge in [0.05, 0.1) is 19.3 Å². The summed E-state index contributed by atoms with van der Waals surface area (Å²) in [6, 6.07) is -0.0288. The van der Waals surface area contributed by atoms with Crippen LogP contribution in [-0.2, 0) is 19.7 Å². The minimum atomic E-state index is -3.35. The van der Waals surface area contributed by atoms with Crippen molar-refractivity contribution in [2.45, 2.75) is 38.3 Å². The van der Waals surface area contributed by atoms with E-state index in [9.17, 15) is 8.42 Å². The van der Waals surface area contributed by atoms with Gasteiger partial charge < -0.3 is 9.47 Å². The van der Waals surface area contributed by atoms with Crippen LogP contribution in [0.1, 0.15) is 26.2 Å². The maximum absolute atomic E-state index is 12.7. The fourth-order valence-corrected chi connectivity index (χ4v) is 4.57. The topological polar surface area (TPSA) is 59.1 Å². The maximum Gasteiger partial charge on any atom is 0.282 e. The second-order valence-electron chi connectivity index (χ2n) is 5.09. The van der Waals surface area contributed by atoms with E-state index in [2.05, 4.69) is 0 Å². The van der Waals surface area contributed by atoms with Crippen molar-refractivity contribution >= 4 is 10.2 Å². The molecule has 0 aromatic carbocycles. The first kappa shape index (κ1) is 15.2. The molecule has 0 spiro atoms. The summed E-state index contributed by atoms with van der Waals surface area (Å²) in [5.74, 6) is 0. The highest BCUT2D eigenvalue weighted by molar-refractivity contribution is 7.86. The number of methoxy groups -OCH3 is 1. The van der Waals surface area contributed by atoms with Gasteiger partial charge in [-0.25, -0.2) is 0 Å². The molecule has 2 heterocycles. The quantitative estimate of drug-likeness (QED) is 0.755. The molecule has 0 bridgehead atoms. The number of hydrogen-bond donors (Lipinski definition) is 0. The summed E-state index contributed by atoms with van der Waals surface area (Å²) in [4.78, 5) is 0. The van der Waals surface area contributed by atoms with Crippen molar-refractivity contribution in [2.24, 2.45) is 0 Å². The van der Waals surface area contributed by atoms with Crippen molar-refractivity contribution in [2.75, 3.05) is 40.0 Å². The SMILES string of the molecule is CC[C@H]1COCCN1S(=O)(=O)N1CCC(OC)CC1. The van der Waals surface area contributed by atoms with Crippen LogP contribution < -0.4 is 0 Å². The highest BCUT2D eigenvalue weighted by atomic mass is 32.2. The first-order valence-electron chi connectivity index (χ1n) is 6.97. The van der Waals surface area contributed by atoms with E-state index in [-0.39, 0.29) is 12.1 Å². The Morgan fingerprint density at radius 1 is 1.26 bits per heavy atom. The predicted octanol–water partition coefficient (Wildman–Crippen LogP) is 0.453. The van der Waals surface area contributed by atoms with Gasteiger partial charge >= 0.3 is 0 Å². The standard InChI is InChI=1S/C12H24N2O4S/c1-3-11-10-18-9-8-14(11)19(15,16)13-6-4-12(17-2)5-7-13/h11-12H,3-10H2,1-2H3/t11-/m0/s1. The van der Waals surface area contributed by atoms with Gasteiger partial charge in [-0.2, -0.15) is 17.0 Å². The Hall–Kier alpha value is -0.210. The smallest absolute Gasteiger partial charge is 0.282 e. The predicted molar refractivity (Wildman–Crippen MR) is 72.1 cm³/mol. The van der Waals surface area contributed by atoms with Crippen LogP contribution in [0, 0.1) is 0 Å². The minimum Gasteiger partial charge on any atom is -0.381 e. The highest BCUT2D eigenvalue weighted by Gasteiger charge is 2.37. The zero-order valence-corrected chi connectivity index (χ0v) is 12.6. The molecule has 19 heavy (non-hydrogen) atoms. The van der Waals surface area contributed by atoms with E-state index in [1.165, 1.54) is 0 Å². The Bertz CT molecular complexity index is 379. The summed E-state index contributed by atoms with van der Waals surface area (Å²) < 4.78 is 39.2. The lowest BCUT2D eigenvalue weighted by Gasteiger charge is -2.39. The highest BCUT2D eigenvalue weighted by Crippen LogP contribution is 2.22. The average Bonchev–Trinajstić information content (AvgIpc) is 2.47. The van der Waals surface area contributed by atoms with Crippen molar-refractivity contribution in [3.05, 3.63) is 0 Å². The summed E-state index contributed by atoms with van der Waals surface area (Å²) in [7, 11) is -1.66. The van der Waals surface area contributed by atoms with Crippen LogP contribution in [0.4, 0.5) is 0 Å². The van der Waals surface area contributed by atoms with Crippen molar-refractivity contribution in [3.8, 4) is 0 Å². The first-order valence-corrected chi connectivity index (χ1v) is 8.36. The van der Waals surface area contributed by atoms with Crippen LogP contribution in [0.5, 0.6) is 0 Å². The third-order valence-electron chi connectivity index (χ3n) is 4.00. The fourth-order valence-electron chi connectivity index (χ4n) is 2.71. The molecular formula is C12H24N2O4S. The molecule has 0 aromatic heterocycles. The molecule has 0 saturated carbocycles. The number of ether oxygens (including phenoxy) is 2. The van der Waals surface area contributed by atoms with Gasteiger partial charge in [-0.15, -0.1) is 0 Å². The van der Waals surface area contributed by atoms with Crippen molar-refractivity contribution in [1.82, 2.24) is 8.61 Å². The molecule has 2 aliphatic rings. The summed E-state index contributed by atoms with van der Waals surface area (Å²) in [5, 5.41) is 0. The minimum absolute atomic E-state index is 0.0288. The average molecular weight is 292 g/mol. The van der Waals surface area contributed by atoms with Gasteiger partial charge in [0.15, 0.2) is 0 Å². The first-order chi connectivity index (χ1) is 9.09. The van der Waals surface area contributed by atoms with Gasteiger partial charge in [0, 0.05) is 32.8 Å². The Kier molecular flexibility index (Phi) is 5.19. The molecule has 2 aliphatic heterocycles. The lowest BCUT2D eigenvalue weighted by atomic mass is 10.1. The molecule has 112 valence electrons. The van der Waals surface area contributed by atoms with E-state index in [0.717, 1.165) is 19.3 Å². The number of rotatable bonds is 4. The van der Waals surface area contributed by atoms with Crippen molar-refractivity contribution in [3.63, 3.8) is 0 Å². The zero-order valence-electron chi connectivity index (χ0n) is 11.7. The van der Waals surface area contributed by atoms with E-state index in [1.54, 1.807) is 15.7 Å². The van der Waals surface area contributed by atoms with Crippen LogP contribution >= 0.6 is 0 Å². The van der Waals surface area contributed by atoms with E-state index >= 15 is 0 Å². The van der Waals surface area contributed by atoms with Gasteiger partial charge in [0.25, 0.3) is 10.2 Å². The second-order valence-corrected chi connectivity index (χ2v) is 6.97. The number of hydrogen-bond acceptors (Lipinski definition) is 4. The molecule has 0 aliphatic carbocycles. The summed E-state index contributed by atoms with van der Waals surface area (Å²) in [5.41, 5.74) is 0. The molecule has 0 radical (unpaired) electrons. The molecule has 2 rings (SSSR count). The van der Waals surface area contributed by atoms with Crippen LogP contribution in [0.25, 0.3) is 0 Å². The van der Waals surface area contributed by atoms with Gasteiger partial charge in [0.1, 0.15) is 0 Å². The molecule has 2 fully saturated rings. The summed E-state index contributed by atoms with van der Waals surface area (Å²) in [6.07, 6.45) is 2.53. The van der Waals surface area contributed by atoms with E-state index in [4.69, 9.17) is 9.47 Å². The molecule has 2 saturated heterocycles. The van der Waals surface area contributed by atoms with Gasteiger partial charge in [-0.1, -0.05) is 6.92 Å². The molecule has 1 atom stereocenters. The van der Waals surface area contributed by atoms with Crippen LogP contribution in [0.2, 0.25) is 0 Å². The van der Waals surface area contributed by atoms with E-state index in [0.29, 0.717) is 32.8 Å². The Balaban J connectivity index is 2.05. The third kappa shape index (κ3) is 3.28. The van der Waals surface area contributed by atoms with Gasteiger partial charge in [-0.05, 0) is 19.3 Å². The molecule has 0 amide bonds. The van der Waals surface area contributed by atoms with Crippen molar-refractivity contribution < 1.29 is 17.9 Å².